The van der Waals surface area contributed by atoms with Crippen LogP contribution in [-0.4, -0.2) is 38.0 Å². The van der Waals surface area contributed by atoms with Gasteiger partial charge in [0.1, 0.15) is 11.1 Å². The molecule has 1 spiro atoms. The van der Waals surface area contributed by atoms with Crippen molar-refractivity contribution in [1.29, 1.82) is 0 Å². The van der Waals surface area contributed by atoms with Gasteiger partial charge in [0.05, 0.1) is 11.7 Å². The molecule has 162 valence electrons. The molecule has 1 aromatic carbocycles. The fraction of sp³-hybridized carbons (Fsp3) is 0.360. The summed E-state index contributed by atoms with van der Waals surface area (Å²) in [5.41, 5.74) is 4.62. The number of hydrogen-bond acceptors (Lipinski definition) is 4. The molecule has 32 heavy (non-hydrogen) atoms. The van der Waals surface area contributed by atoms with Crippen LogP contribution in [0.3, 0.4) is 0 Å². The number of carbonyl (C=O) groups is 2. The number of carbonyl (C=O) groups excluding carboxylic acids is 2. The number of anilines is 1. The van der Waals surface area contributed by atoms with Gasteiger partial charge in [-0.25, -0.2) is 0 Å². The minimum absolute atomic E-state index is 0.0464. The lowest BCUT2D eigenvalue weighted by atomic mass is 9.73. The number of rotatable bonds is 2. The highest BCUT2D eigenvalue weighted by Gasteiger charge is 2.59. The monoisotopic (exact) mass is 427 g/mol. The van der Waals surface area contributed by atoms with Gasteiger partial charge in [0, 0.05) is 37.2 Å². The van der Waals surface area contributed by atoms with Crippen LogP contribution >= 0.6 is 0 Å². The highest BCUT2D eigenvalue weighted by Crippen LogP contribution is 2.55. The molecule has 3 aliphatic rings. The summed E-state index contributed by atoms with van der Waals surface area (Å²) >= 11 is 0. The minimum atomic E-state index is -0.825. The van der Waals surface area contributed by atoms with Crippen molar-refractivity contribution in [3.05, 3.63) is 76.9 Å². The maximum atomic E-state index is 14.1. The summed E-state index contributed by atoms with van der Waals surface area (Å²) in [5.74, 6) is -0.0963. The predicted molar refractivity (Wildman–Crippen MR) is 119 cm³/mol. The third-order valence-electron chi connectivity index (χ3n) is 7.37. The smallest absolute Gasteiger partial charge is 0.272 e. The first-order valence-electron chi connectivity index (χ1n) is 11.3. The van der Waals surface area contributed by atoms with Crippen LogP contribution in [0.5, 0.6) is 0 Å². The molecule has 0 radical (unpaired) electrons. The summed E-state index contributed by atoms with van der Waals surface area (Å²) in [6, 6.07) is 11.2. The zero-order chi connectivity index (χ0) is 21.9. The number of nitrogens with zero attached hydrogens (tertiary/aromatic N) is 4. The fourth-order valence-corrected chi connectivity index (χ4v) is 5.99. The lowest BCUT2D eigenvalue weighted by Gasteiger charge is -2.34. The van der Waals surface area contributed by atoms with Gasteiger partial charge in [0.25, 0.3) is 5.91 Å². The molecule has 1 fully saturated rings. The maximum Gasteiger partial charge on any atom is 0.272 e. The third-order valence-corrected chi connectivity index (χ3v) is 7.37. The Hall–Kier alpha value is -3.48. The Kier molecular flexibility index (Phi) is 4.22. The number of pyridine rings is 1. The van der Waals surface area contributed by atoms with Gasteiger partial charge in [-0.1, -0.05) is 24.3 Å². The van der Waals surface area contributed by atoms with Crippen LogP contribution in [0.2, 0.25) is 0 Å². The van der Waals surface area contributed by atoms with E-state index in [0.717, 1.165) is 53.8 Å². The fourth-order valence-electron chi connectivity index (χ4n) is 5.99. The molecule has 6 rings (SSSR count). The minimum Gasteiger partial charge on any atom is -0.329 e. The van der Waals surface area contributed by atoms with E-state index in [2.05, 4.69) is 15.4 Å². The maximum absolute atomic E-state index is 14.1. The molecule has 7 heteroatoms. The number of para-hydroxylation sites is 1. The first-order chi connectivity index (χ1) is 15.6. The van der Waals surface area contributed by atoms with Gasteiger partial charge in [-0.2, -0.15) is 5.10 Å². The van der Waals surface area contributed by atoms with Crippen molar-refractivity contribution in [2.75, 3.05) is 11.9 Å². The SMILES string of the molecule is Cn1nc2c(c1C(=O)N1CCC3(C(=O)Nc4ccccc43)C1c1cccnc1)CCCC2. The highest BCUT2D eigenvalue weighted by molar-refractivity contribution is 6.08. The standard InChI is InChI=1S/C25H25N5O2/c1-29-21(17-8-2-4-10-19(17)28-29)23(31)30-14-12-25(22(30)16-7-6-13-26-15-16)18-9-3-5-11-20(18)27-24(25)32/h3,5-7,9,11,13,15,22H,2,4,8,10,12,14H2,1H3,(H,27,32). The van der Waals surface area contributed by atoms with Crippen LogP contribution < -0.4 is 5.32 Å². The van der Waals surface area contributed by atoms with Gasteiger partial charge in [0.15, 0.2) is 0 Å². The van der Waals surface area contributed by atoms with E-state index in [-0.39, 0.29) is 11.8 Å². The molecule has 0 saturated carbocycles. The van der Waals surface area contributed by atoms with Gasteiger partial charge in [-0.05, 0) is 55.4 Å². The molecular weight excluding hydrogens is 402 g/mol. The van der Waals surface area contributed by atoms with Crippen molar-refractivity contribution in [2.24, 2.45) is 7.05 Å². The van der Waals surface area contributed by atoms with Crippen molar-refractivity contribution >= 4 is 17.5 Å². The average Bonchev–Trinajstić information content (AvgIpc) is 3.46. The zero-order valence-corrected chi connectivity index (χ0v) is 18.0. The molecule has 1 saturated heterocycles. The summed E-state index contributed by atoms with van der Waals surface area (Å²) in [4.78, 5) is 33.8. The second kappa shape index (κ2) is 7.02. The van der Waals surface area contributed by atoms with E-state index in [9.17, 15) is 9.59 Å². The lowest BCUT2D eigenvalue weighted by Crippen LogP contribution is -2.43. The van der Waals surface area contributed by atoms with Crippen LogP contribution in [0.15, 0.2) is 48.8 Å². The van der Waals surface area contributed by atoms with Crippen LogP contribution in [0.1, 0.15) is 58.2 Å². The predicted octanol–water partition coefficient (Wildman–Crippen LogP) is 3.17. The second-order valence-electron chi connectivity index (χ2n) is 9.01. The largest absolute Gasteiger partial charge is 0.329 e. The number of fused-ring (bicyclic) bond motifs is 3. The first kappa shape index (κ1) is 19.2. The Balaban J connectivity index is 1.51. The number of hydrogen-bond donors (Lipinski definition) is 1. The summed E-state index contributed by atoms with van der Waals surface area (Å²) in [5, 5.41) is 7.73. The highest BCUT2D eigenvalue weighted by atomic mass is 16.2. The van der Waals surface area contributed by atoms with Crippen molar-refractivity contribution in [1.82, 2.24) is 19.7 Å². The summed E-state index contributed by atoms with van der Waals surface area (Å²) in [6.07, 6.45) is 8.06. The molecule has 2 unspecified atom stereocenters. The van der Waals surface area contributed by atoms with E-state index in [1.165, 1.54) is 0 Å². The molecule has 4 heterocycles. The van der Waals surface area contributed by atoms with Gasteiger partial charge in [0.2, 0.25) is 5.91 Å². The quantitative estimate of drug-likeness (QED) is 0.681. The van der Waals surface area contributed by atoms with Crippen molar-refractivity contribution in [3.63, 3.8) is 0 Å². The Morgan fingerprint density at radius 2 is 2.00 bits per heavy atom. The van der Waals surface area contributed by atoms with E-state index in [1.807, 2.05) is 48.3 Å². The Labute approximate surface area is 186 Å². The molecule has 3 aromatic rings. The number of benzene rings is 1. The molecular formula is C25H25N5O2. The number of nitrogens with one attached hydrogen (secondary N) is 1. The van der Waals surface area contributed by atoms with E-state index in [4.69, 9.17) is 0 Å². The van der Waals surface area contributed by atoms with E-state index in [0.29, 0.717) is 18.7 Å². The number of aryl methyl sites for hydroxylation is 2. The molecule has 2 aromatic heterocycles. The third kappa shape index (κ3) is 2.54. The summed E-state index contributed by atoms with van der Waals surface area (Å²) in [6.45, 7) is 0.500. The van der Waals surface area contributed by atoms with Crippen molar-refractivity contribution < 1.29 is 9.59 Å². The zero-order valence-electron chi connectivity index (χ0n) is 18.0. The number of amides is 2. The summed E-state index contributed by atoms with van der Waals surface area (Å²) in [7, 11) is 1.86. The van der Waals surface area contributed by atoms with Gasteiger partial charge in [-0.3, -0.25) is 19.3 Å². The molecule has 1 aliphatic carbocycles. The topological polar surface area (TPSA) is 80.1 Å². The molecule has 2 amide bonds. The second-order valence-corrected chi connectivity index (χ2v) is 9.01. The normalized spacial score (nSPS) is 23.8. The summed E-state index contributed by atoms with van der Waals surface area (Å²) < 4.78 is 1.74. The molecule has 2 aliphatic heterocycles. The van der Waals surface area contributed by atoms with E-state index in [1.54, 1.807) is 17.1 Å². The van der Waals surface area contributed by atoms with Crippen LogP contribution in [0.4, 0.5) is 5.69 Å². The average molecular weight is 428 g/mol. The number of likely N-dealkylation sites (tertiary alicyclic amines) is 1. The van der Waals surface area contributed by atoms with Gasteiger partial charge < -0.3 is 10.2 Å². The number of aromatic nitrogens is 3. The van der Waals surface area contributed by atoms with Crippen LogP contribution in [-0.2, 0) is 30.1 Å². The van der Waals surface area contributed by atoms with Gasteiger partial charge >= 0.3 is 0 Å². The Morgan fingerprint density at radius 1 is 1.16 bits per heavy atom. The van der Waals surface area contributed by atoms with Gasteiger partial charge in [-0.15, -0.1) is 0 Å². The van der Waals surface area contributed by atoms with Crippen molar-refractivity contribution in [3.8, 4) is 0 Å². The molecule has 1 N–H and O–H groups in total. The van der Waals surface area contributed by atoms with Crippen LogP contribution in [0, 0.1) is 0 Å². The Bertz CT molecular complexity index is 1230. The van der Waals surface area contributed by atoms with E-state index < -0.39 is 11.5 Å². The van der Waals surface area contributed by atoms with Crippen molar-refractivity contribution in [2.45, 2.75) is 43.6 Å². The molecule has 7 nitrogen and oxygen atoms in total. The lowest BCUT2D eigenvalue weighted by molar-refractivity contribution is -0.121. The van der Waals surface area contributed by atoms with E-state index >= 15 is 0 Å². The molecule has 2 atom stereocenters. The molecule has 0 bridgehead atoms. The first-order valence-corrected chi connectivity index (χ1v) is 11.3. The Morgan fingerprint density at radius 3 is 2.84 bits per heavy atom. The van der Waals surface area contributed by atoms with Crippen LogP contribution in [0.25, 0.3) is 0 Å².